The van der Waals surface area contributed by atoms with Gasteiger partial charge >= 0.3 is 0 Å². The number of fused-ring (bicyclic) bond motifs is 3. The summed E-state index contributed by atoms with van der Waals surface area (Å²) in [6, 6.07) is 5.18. The first-order valence-corrected chi connectivity index (χ1v) is 13.3. The number of thiophene rings is 1. The number of anilines is 1. The van der Waals surface area contributed by atoms with Crippen LogP contribution in [-0.4, -0.2) is 67.6 Å². The van der Waals surface area contributed by atoms with Gasteiger partial charge in [-0.05, 0) is 17.7 Å². The van der Waals surface area contributed by atoms with E-state index in [0.717, 1.165) is 23.5 Å². The van der Waals surface area contributed by atoms with Crippen molar-refractivity contribution in [1.82, 2.24) is 9.80 Å². The van der Waals surface area contributed by atoms with Gasteiger partial charge in [-0.15, -0.1) is 11.3 Å². The highest BCUT2D eigenvalue weighted by molar-refractivity contribution is 7.23. The number of nitriles is 1. The smallest absolute Gasteiger partial charge is 0.258 e. The zero-order valence-electron chi connectivity index (χ0n) is 20.8. The Bertz CT molecular complexity index is 1570. The highest BCUT2D eigenvalue weighted by atomic mass is 35.5. The van der Waals surface area contributed by atoms with Crippen LogP contribution in [-0.2, 0) is 9.53 Å². The third kappa shape index (κ3) is 4.69. The van der Waals surface area contributed by atoms with Crippen LogP contribution in [0.3, 0.4) is 0 Å². The molecule has 0 unspecified atom stereocenters. The highest BCUT2D eigenvalue weighted by Crippen LogP contribution is 2.47. The topological polar surface area (TPSA) is 109 Å². The minimum absolute atomic E-state index is 0.0108. The molecule has 39 heavy (non-hydrogen) atoms. The molecule has 0 radical (unpaired) electrons. The van der Waals surface area contributed by atoms with Gasteiger partial charge in [0.05, 0.1) is 40.1 Å². The minimum Gasteiger partial charge on any atom is -0.491 e. The summed E-state index contributed by atoms with van der Waals surface area (Å²) >= 11 is 7.58. The van der Waals surface area contributed by atoms with Crippen LogP contribution in [0.25, 0.3) is 21.2 Å². The molecule has 1 fully saturated rings. The molecular weight excluding hydrogens is 550 g/mol. The van der Waals surface area contributed by atoms with Gasteiger partial charge in [0.15, 0.2) is 5.75 Å². The monoisotopic (exact) mass is 572 g/mol. The predicted molar refractivity (Wildman–Crippen MR) is 144 cm³/mol. The molecule has 12 heteroatoms. The van der Waals surface area contributed by atoms with Gasteiger partial charge in [0, 0.05) is 50.2 Å². The Balaban J connectivity index is 1.53. The van der Waals surface area contributed by atoms with E-state index in [1.807, 2.05) is 6.07 Å². The molecular formula is C27H23ClF2N4O4S. The third-order valence-electron chi connectivity index (χ3n) is 6.88. The molecule has 0 aliphatic carbocycles. The number of nitrogen functional groups attached to an aromatic ring is 1. The van der Waals surface area contributed by atoms with Crippen LogP contribution < -0.4 is 10.5 Å². The van der Waals surface area contributed by atoms with Crippen molar-refractivity contribution in [3.8, 4) is 22.9 Å². The van der Waals surface area contributed by atoms with Crippen LogP contribution in [0.2, 0.25) is 5.02 Å². The Morgan fingerprint density at radius 1 is 1.33 bits per heavy atom. The Hall–Kier alpha value is -3.72. The molecule has 0 spiro atoms. The van der Waals surface area contributed by atoms with Gasteiger partial charge in [0.25, 0.3) is 5.91 Å². The van der Waals surface area contributed by atoms with E-state index >= 15 is 4.39 Å². The van der Waals surface area contributed by atoms with Gasteiger partial charge < -0.3 is 25.0 Å². The van der Waals surface area contributed by atoms with Crippen molar-refractivity contribution in [2.24, 2.45) is 0 Å². The van der Waals surface area contributed by atoms with Gasteiger partial charge in [-0.1, -0.05) is 23.7 Å². The molecule has 2 aliphatic heterocycles. The van der Waals surface area contributed by atoms with Crippen LogP contribution in [0.5, 0.6) is 5.75 Å². The van der Waals surface area contributed by atoms with Crippen LogP contribution in [0, 0.1) is 23.0 Å². The molecule has 2 aromatic carbocycles. The van der Waals surface area contributed by atoms with Crippen molar-refractivity contribution < 1.29 is 27.8 Å². The Labute approximate surface area is 231 Å². The van der Waals surface area contributed by atoms with Gasteiger partial charge in [-0.2, -0.15) is 5.26 Å². The van der Waals surface area contributed by atoms with Crippen molar-refractivity contribution in [2.75, 3.05) is 45.7 Å². The van der Waals surface area contributed by atoms with Crippen molar-refractivity contribution in [2.45, 2.75) is 12.5 Å². The summed E-state index contributed by atoms with van der Waals surface area (Å²) in [4.78, 5) is 29.4. The fourth-order valence-electron chi connectivity index (χ4n) is 5.03. The van der Waals surface area contributed by atoms with E-state index in [9.17, 15) is 19.2 Å². The van der Waals surface area contributed by atoms with Crippen LogP contribution >= 0.6 is 22.9 Å². The number of nitrogens with zero attached hydrogens (tertiary/aromatic N) is 3. The van der Waals surface area contributed by atoms with Crippen LogP contribution in [0.4, 0.5) is 13.8 Å². The molecule has 2 amide bonds. The molecule has 8 nitrogen and oxygen atoms in total. The van der Waals surface area contributed by atoms with E-state index in [2.05, 4.69) is 0 Å². The summed E-state index contributed by atoms with van der Waals surface area (Å²) in [5.74, 6) is -2.06. The molecule has 5 rings (SSSR count). The fourth-order valence-corrected chi connectivity index (χ4v) is 6.33. The molecule has 1 aromatic heterocycles. The fraction of sp³-hybridized carbons (Fsp3) is 0.296. The van der Waals surface area contributed by atoms with E-state index in [0.29, 0.717) is 26.1 Å². The third-order valence-corrected chi connectivity index (χ3v) is 8.27. The molecule has 0 bridgehead atoms. The standard InChI is InChI=1S/C27H23ClF2N4O4S/c1-37-9-2-3-20(35)33-7-8-34-14(13-33)6-10-38-24-16(27(34)36)11-19(30)22(23(24)28)15-4-5-18(29)25-21(15)17(12-31)26(32)39-25/h2-5,11,14H,6-10,13,32H2,1H3/b3-2+/t14-/m0/s1. The molecule has 202 valence electrons. The maximum atomic E-state index is 15.8. The molecule has 3 heterocycles. The molecule has 1 atom stereocenters. The van der Waals surface area contributed by atoms with Crippen molar-refractivity contribution in [3.63, 3.8) is 0 Å². The van der Waals surface area contributed by atoms with E-state index in [-0.39, 0.29) is 73.2 Å². The number of amides is 2. The number of carbonyl (C=O) groups excluding carboxylic acids is 2. The van der Waals surface area contributed by atoms with Gasteiger partial charge in [-0.3, -0.25) is 9.59 Å². The second-order valence-electron chi connectivity index (χ2n) is 9.11. The van der Waals surface area contributed by atoms with Gasteiger partial charge in [0.2, 0.25) is 5.91 Å². The number of hydrogen-bond acceptors (Lipinski definition) is 7. The largest absolute Gasteiger partial charge is 0.491 e. The summed E-state index contributed by atoms with van der Waals surface area (Å²) in [6.07, 6.45) is 3.48. The van der Waals surface area contributed by atoms with Gasteiger partial charge in [0.1, 0.15) is 22.7 Å². The van der Waals surface area contributed by atoms with E-state index in [1.54, 1.807) is 15.9 Å². The number of carbonyl (C=O) groups is 2. The average Bonchev–Trinajstić information content (AvgIpc) is 3.26. The first-order chi connectivity index (χ1) is 18.8. The molecule has 0 saturated carbocycles. The number of rotatable bonds is 4. The second kappa shape index (κ2) is 10.8. The molecule has 2 N–H and O–H groups in total. The zero-order valence-corrected chi connectivity index (χ0v) is 22.4. The van der Waals surface area contributed by atoms with E-state index in [1.165, 1.54) is 19.3 Å². The lowest BCUT2D eigenvalue weighted by Crippen LogP contribution is -2.57. The number of hydrogen-bond donors (Lipinski definition) is 1. The maximum Gasteiger partial charge on any atom is 0.258 e. The van der Waals surface area contributed by atoms with E-state index < -0.39 is 17.5 Å². The summed E-state index contributed by atoms with van der Waals surface area (Å²) < 4.78 is 41.3. The highest BCUT2D eigenvalue weighted by Gasteiger charge is 2.37. The number of benzene rings is 2. The van der Waals surface area contributed by atoms with Crippen LogP contribution in [0.15, 0.2) is 30.4 Å². The lowest BCUT2D eigenvalue weighted by atomic mass is 9.95. The van der Waals surface area contributed by atoms with E-state index in [4.69, 9.17) is 26.8 Å². The zero-order chi connectivity index (χ0) is 27.8. The second-order valence-corrected chi connectivity index (χ2v) is 10.5. The maximum absolute atomic E-state index is 15.8. The molecule has 2 aliphatic rings. The quantitative estimate of drug-likeness (QED) is 0.458. The first-order valence-electron chi connectivity index (χ1n) is 12.1. The molecule has 3 aromatic rings. The number of piperazine rings is 1. The Kier molecular flexibility index (Phi) is 7.44. The summed E-state index contributed by atoms with van der Waals surface area (Å²) in [5.41, 5.74) is 5.97. The summed E-state index contributed by atoms with van der Waals surface area (Å²) in [6.45, 7) is 1.34. The van der Waals surface area contributed by atoms with Crippen molar-refractivity contribution in [3.05, 3.63) is 58.1 Å². The van der Waals surface area contributed by atoms with Crippen molar-refractivity contribution in [1.29, 1.82) is 5.26 Å². The lowest BCUT2D eigenvalue weighted by Gasteiger charge is -2.42. The number of nitrogens with two attached hydrogens (primary N) is 1. The SMILES string of the molecule is COC/C=C/C(=O)N1CCN2C(=O)c3cc(F)c(-c4ccc(F)c5sc(N)c(C#N)c45)c(Cl)c3OCC[C@H]2C1. The Morgan fingerprint density at radius 2 is 2.13 bits per heavy atom. The summed E-state index contributed by atoms with van der Waals surface area (Å²) in [7, 11) is 1.53. The lowest BCUT2D eigenvalue weighted by molar-refractivity contribution is -0.128. The van der Waals surface area contributed by atoms with Crippen molar-refractivity contribution >= 4 is 49.8 Å². The summed E-state index contributed by atoms with van der Waals surface area (Å²) in [5, 5.41) is 9.73. The number of halogens is 3. The Morgan fingerprint density at radius 3 is 2.87 bits per heavy atom. The first kappa shape index (κ1) is 26.9. The normalized spacial score (nSPS) is 17.4. The number of ether oxygens (including phenoxy) is 2. The van der Waals surface area contributed by atoms with Gasteiger partial charge in [-0.25, -0.2) is 8.78 Å². The number of methoxy groups -OCH3 is 1. The predicted octanol–water partition coefficient (Wildman–Crippen LogP) is 4.59. The van der Waals surface area contributed by atoms with Crippen LogP contribution in [0.1, 0.15) is 22.3 Å². The minimum atomic E-state index is -0.827. The average molecular weight is 573 g/mol. The molecule has 1 saturated heterocycles.